The molecule has 2 aromatic heterocycles. The Balaban J connectivity index is 2.16. The number of nitrogens with zero attached hydrogens (tertiary/aromatic N) is 5. The maximum Gasteiger partial charge on any atom is 0.418 e. The summed E-state index contributed by atoms with van der Waals surface area (Å²) in [4.78, 5) is 32.6. The molecule has 0 unspecified atom stereocenters. The van der Waals surface area contributed by atoms with Gasteiger partial charge in [0.2, 0.25) is 17.5 Å². The van der Waals surface area contributed by atoms with Gasteiger partial charge in [0, 0.05) is 18.3 Å². The summed E-state index contributed by atoms with van der Waals surface area (Å²) in [7, 11) is 1.27. The monoisotopic (exact) mass is 502 g/mol. The zero-order chi connectivity index (χ0) is 24.3. The van der Waals surface area contributed by atoms with Crippen molar-refractivity contribution < 1.29 is 27.8 Å². The maximum atomic E-state index is 13.3. The van der Waals surface area contributed by atoms with Crippen LogP contribution in [0.5, 0.6) is 5.88 Å². The van der Waals surface area contributed by atoms with Crippen LogP contribution in [-0.4, -0.2) is 31.9 Å². The molecule has 16 heteroatoms. The lowest BCUT2D eigenvalue weighted by atomic mass is 10.1. The minimum atomic E-state index is -5.18. The fraction of sp³-hybridized carbons (Fsp3) is 0.118. The molecule has 3 rings (SSSR count). The first-order valence-corrected chi connectivity index (χ1v) is 9.72. The zero-order valence-electron chi connectivity index (χ0n) is 16.2. The number of pyridine rings is 1. The second kappa shape index (κ2) is 9.41. The molecule has 33 heavy (non-hydrogen) atoms. The number of aromatic nitrogens is 3. The van der Waals surface area contributed by atoms with E-state index in [4.69, 9.17) is 16.3 Å². The third-order valence-electron chi connectivity index (χ3n) is 3.88. The summed E-state index contributed by atoms with van der Waals surface area (Å²) in [5, 5.41) is 24.7. The predicted octanol–water partition coefficient (Wildman–Crippen LogP) is 5.26. The van der Waals surface area contributed by atoms with Crippen molar-refractivity contribution in [1.82, 2.24) is 15.0 Å². The van der Waals surface area contributed by atoms with Gasteiger partial charge in [-0.3, -0.25) is 20.2 Å². The van der Waals surface area contributed by atoms with E-state index in [2.05, 4.69) is 20.3 Å². The van der Waals surface area contributed by atoms with Gasteiger partial charge in [-0.05, 0) is 23.9 Å². The fourth-order valence-corrected chi connectivity index (χ4v) is 3.61. The van der Waals surface area contributed by atoms with Gasteiger partial charge in [0.1, 0.15) is 15.1 Å². The molecule has 3 aromatic rings. The molecule has 1 N–H and O–H groups in total. The molecule has 0 saturated carbocycles. The van der Waals surface area contributed by atoms with Crippen LogP contribution in [0.2, 0.25) is 5.02 Å². The molecule has 0 atom stereocenters. The smallest absolute Gasteiger partial charge is 0.418 e. The summed E-state index contributed by atoms with van der Waals surface area (Å²) in [6.45, 7) is 0. The summed E-state index contributed by atoms with van der Waals surface area (Å²) in [5.74, 6) is -0.455. The Bertz CT molecular complexity index is 1230. The SMILES string of the molecule is COc1cc(Sc2ccccn2)nc(Nc2c([N+](=O)[O-])cc(C(F)(F)F)c(Cl)c2[N+](=O)[O-])n1. The summed E-state index contributed by atoms with van der Waals surface area (Å²) in [5.41, 5.74) is -5.26. The van der Waals surface area contributed by atoms with Crippen LogP contribution in [0.15, 0.2) is 46.6 Å². The van der Waals surface area contributed by atoms with E-state index in [1.165, 1.54) is 19.4 Å². The summed E-state index contributed by atoms with van der Waals surface area (Å²) in [6, 6.07) is 6.56. The van der Waals surface area contributed by atoms with Crippen molar-refractivity contribution in [3.8, 4) is 5.88 Å². The molecule has 0 aliphatic rings. The lowest BCUT2D eigenvalue weighted by molar-refractivity contribution is -0.392. The number of ether oxygens (including phenoxy) is 1. The van der Waals surface area contributed by atoms with Crippen molar-refractivity contribution in [3.63, 3.8) is 0 Å². The highest BCUT2D eigenvalue weighted by atomic mass is 35.5. The first-order valence-electron chi connectivity index (χ1n) is 8.52. The Morgan fingerprint density at radius 3 is 2.39 bits per heavy atom. The molecule has 0 aliphatic carbocycles. The topological polar surface area (TPSA) is 146 Å². The number of hydrogen-bond donors (Lipinski definition) is 1. The molecule has 0 saturated heterocycles. The molecule has 0 spiro atoms. The minimum Gasteiger partial charge on any atom is -0.481 e. The van der Waals surface area contributed by atoms with Crippen molar-refractivity contribution >= 4 is 46.4 Å². The molecule has 0 bridgehead atoms. The molecule has 2 heterocycles. The Labute approximate surface area is 191 Å². The van der Waals surface area contributed by atoms with Crippen molar-refractivity contribution in [3.05, 3.63) is 67.3 Å². The van der Waals surface area contributed by atoms with Gasteiger partial charge in [-0.1, -0.05) is 17.7 Å². The van der Waals surface area contributed by atoms with Crippen molar-refractivity contribution in [2.45, 2.75) is 16.2 Å². The van der Waals surface area contributed by atoms with Crippen LogP contribution in [0.1, 0.15) is 5.56 Å². The van der Waals surface area contributed by atoms with Crippen LogP contribution in [0.4, 0.5) is 36.2 Å². The number of anilines is 2. The number of alkyl halides is 3. The Kier molecular flexibility index (Phi) is 6.83. The van der Waals surface area contributed by atoms with E-state index in [0.29, 0.717) is 5.03 Å². The van der Waals surface area contributed by atoms with Crippen molar-refractivity contribution in [1.29, 1.82) is 0 Å². The van der Waals surface area contributed by atoms with Crippen LogP contribution < -0.4 is 10.1 Å². The third kappa shape index (κ3) is 5.38. The Morgan fingerprint density at radius 2 is 1.85 bits per heavy atom. The van der Waals surface area contributed by atoms with Crippen LogP contribution in [0, 0.1) is 20.2 Å². The quantitative estimate of drug-likeness (QED) is 0.257. The number of hydrogen-bond acceptors (Lipinski definition) is 10. The highest BCUT2D eigenvalue weighted by Gasteiger charge is 2.42. The Hall–Kier alpha value is -3.72. The van der Waals surface area contributed by atoms with E-state index in [-0.39, 0.29) is 17.0 Å². The number of nitro groups is 2. The predicted molar refractivity (Wildman–Crippen MR) is 110 cm³/mol. The Morgan fingerprint density at radius 1 is 1.12 bits per heavy atom. The molecule has 172 valence electrons. The molecule has 0 radical (unpaired) electrons. The first-order chi connectivity index (χ1) is 15.5. The van der Waals surface area contributed by atoms with Crippen LogP contribution >= 0.6 is 23.4 Å². The van der Waals surface area contributed by atoms with Gasteiger partial charge in [-0.2, -0.15) is 18.2 Å². The highest BCUT2D eigenvalue weighted by molar-refractivity contribution is 7.99. The molecule has 11 nitrogen and oxygen atoms in total. The standard InChI is InChI=1S/C17H10ClF3N6O5S/c1-32-10-7-12(33-11-4-2-3-5-22-11)24-16(23-10)25-14-9(26(28)29)6-8(17(19,20)21)13(18)15(14)27(30)31/h2-7H,1H3,(H,23,24,25). The average molecular weight is 503 g/mol. The zero-order valence-corrected chi connectivity index (χ0v) is 17.7. The van der Waals surface area contributed by atoms with E-state index < -0.39 is 49.6 Å². The average Bonchev–Trinajstić information content (AvgIpc) is 2.73. The van der Waals surface area contributed by atoms with Crippen molar-refractivity contribution in [2.75, 3.05) is 12.4 Å². The minimum absolute atomic E-state index is 0.0331. The number of halogens is 4. The molecule has 0 amide bonds. The van der Waals surface area contributed by atoms with Crippen molar-refractivity contribution in [2.24, 2.45) is 0 Å². The van der Waals surface area contributed by atoms with Gasteiger partial charge in [-0.25, -0.2) is 9.97 Å². The molecular formula is C17H10ClF3N6O5S. The van der Waals surface area contributed by atoms with E-state index >= 15 is 0 Å². The molecule has 1 aromatic carbocycles. The van der Waals surface area contributed by atoms with Gasteiger partial charge in [0.05, 0.1) is 22.5 Å². The number of nitro benzene ring substituents is 2. The lowest BCUT2D eigenvalue weighted by Gasteiger charge is -2.13. The first kappa shape index (κ1) is 23.9. The fourth-order valence-electron chi connectivity index (χ4n) is 2.52. The van der Waals surface area contributed by atoms with Crippen LogP contribution in [0.25, 0.3) is 0 Å². The maximum absolute atomic E-state index is 13.3. The van der Waals surface area contributed by atoms with E-state index in [1.807, 2.05) is 0 Å². The van der Waals surface area contributed by atoms with Crippen LogP contribution in [-0.2, 0) is 6.18 Å². The lowest BCUT2D eigenvalue weighted by Crippen LogP contribution is -2.11. The second-order valence-electron chi connectivity index (χ2n) is 5.96. The van der Waals surface area contributed by atoms with E-state index in [1.54, 1.807) is 18.2 Å². The molecular weight excluding hydrogens is 493 g/mol. The van der Waals surface area contributed by atoms with E-state index in [0.717, 1.165) is 11.8 Å². The number of methoxy groups -OCH3 is 1. The summed E-state index contributed by atoms with van der Waals surface area (Å²) >= 11 is 6.68. The van der Waals surface area contributed by atoms with Gasteiger partial charge >= 0.3 is 17.6 Å². The number of nitrogens with one attached hydrogen (secondary N) is 1. The van der Waals surface area contributed by atoms with Gasteiger partial charge < -0.3 is 10.1 Å². The largest absolute Gasteiger partial charge is 0.481 e. The second-order valence-corrected chi connectivity index (χ2v) is 7.38. The summed E-state index contributed by atoms with van der Waals surface area (Å²) in [6.07, 6.45) is -3.65. The van der Waals surface area contributed by atoms with Crippen LogP contribution in [0.3, 0.4) is 0 Å². The van der Waals surface area contributed by atoms with E-state index in [9.17, 15) is 33.4 Å². The molecule has 0 fully saturated rings. The molecule has 0 aliphatic heterocycles. The third-order valence-corrected chi connectivity index (χ3v) is 5.13. The number of rotatable bonds is 7. The highest BCUT2D eigenvalue weighted by Crippen LogP contribution is 2.48. The summed E-state index contributed by atoms with van der Waals surface area (Å²) < 4.78 is 44.8. The normalized spacial score (nSPS) is 11.2. The van der Waals surface area contributed by atoms with Gasteiger partial charge in [-0.15, -0.1) is 0 Å². The van der Waals surface area contributed by atoms with Gasteiger partial charge in [0.15, 0.2) is 0 Å². The van der Waals surface area contributed by atoms with Gasteiger partial charge in [0.25, 0.3) is 0 Å². The number of benzene rings is 1.